The van der Waals surface area contributed by atoms with E-state index in [0.717, 1.165) is 21.7 Å². The van der Waals surface area contributed by atoms with Gasteiger partial charge in [0.15, 0.2) is 0 Å². The second-order valence-electron chi connectivity index (χ2n) is 10.9. The lowest BCUT2D eigenvalue weighted by Gasteiger charge is -2.18. The maximum absolute atomic E-state index is 13.7. The van der Waals surface area contributed by atoms with E-state index in [1.54, 1.807) is 66.7 Å². The van der Waals surface area contributed by atoms with Crippen LogP contribution in [-0.2, 0) is 9.59 Å². The fraction of sp³-hybridized carbons (Fsp3) is 0.0789. The Bertz CT molecular complexity index is 1920. The van der Waals surface area contributed by atoms with Crippen LogP contribution in [0.25, 0.3) is 6.08 Å². The average molecular weight is 696 g/mol. The molecule has 0 saturated carbocycles. The molecule has 242 valence electrons. The van der Waals surface area contributed by atoms with E-state index in [1.165, 1.54) is 11.8 Å². The van der Waals surface area contributed by atoms with Crippen LogP contribution in [0.2, 0.25) is 10.0 Å². The number of nitrogens with zero attached hydrogens (tertiary/aromatic N) is 1. The fourth-order valence-electron chi connectivity index (χ4n) is 4.69. The molecule has 5 rings (SSSR count). The summed E-state index contributed by atoms with van der Waals surface area (Å²) in [4.78, 5) is 43.1. The summed E-state index contributed by atoms with van der Waals surface area (Å²) >= 11 is 13.6. The summed E-state index contributed by atoms with van der Waals surface area (Å²) in [6, 6.07) is 37.7. The number of rotatable bonds is 11. The molecule has 0 aliphatic carbocycles. The molecular weight excluding hydrogens is 663 g/mol. The molecule has 3 amide bonds. The van der Waals surface area contributed by atoms with Gasteiger partial charge in [-0.25, -0.2) is 0 Å². The number of hydrogen-bond acceptors (Lipinski definition) is 5. The highest BCUT2D eigenvalue weighted by Crippen LogP contribution is 2.37. The van der Waals surface area contributed by atoms with E-state index in [1.807, 2.05) is 85.7 Å². The van der Waals surface area contributed by atoms with Crippen molar-refractivity contribution < 1.29 is 14.4 Å². The first-order valence-electron chi connectivity index (χ1n) is 14.9. The zero-order chi connectivity index (χ0) is 34.0. The predicted molar refractivity (Wildman–Crippen MR) is 198 cm³/mol. The first-order chi connectivity index (χ1) is 23.1. The van der Waals surface area contributed by atoms with Gasteiger partial charge in [-0.05, 0) is 77.9 Å². The van der Waals surface area contributed by atoms with Crippen LogP contribution in [0.3, 0.4) is 0 Å². The number of nitrogens with one attached hydrogen (secondary N) is 3. The van der Waals surface area contributed by atoms with Crippen molar-refractivity contribution in [2.24, 2.45) is 0 Å². The lowest BCUT2D eigenvalue weighted by Crippen LogP contribution is -2.30. The van der Waals surface area contributed by atoms with E-state index in [0.29, 0.717) is 27.0 Å². The van der Waals surface area contributed by atoms with Gasteiger partial charge in [-0.3, -0.25) is 14.4 Å². The van der Waals surface area contributed by atoms with Gasteiger partial charge in [-0.15, -0.1) is 11.8 Å². The number of thioether (sulfide) groups is 1. The van der Waals surface area contributed by atoms with Crippen LogP contribution < -0.4 is 20.9 Å². The van der Waals surface area contributed by atoms with Gasteiger partial charge in [0.1, 0.15) is 10.9 Å². The summed E-state index contributed by atoms with van der Waals surface area (Å²) in [7, 11) is 3.89. The number of carbonyl (C=O) groups excluding carboxylic acids is 3. The van der Waals surface area contributed by atoms with Crippen LogP contribution in [-0.4, -0.2) is 31.8 Å². The lowest BCUT2D eigenvalue weighted by molar-refractivity contribution is -0.116. The number of halogens is 2. The van der Waals surface area contributed by atoms with Gasteiger partial charge in [0.2, 0.25) is 5.91 Å². The minimum absolute atomic E-state index is 0.0706. The van der Waals surface area contributed by atoms with Gasteiger partial charge in [0.05, 0.1) is 0 Å². The van der Waals surface area contributed by atoms with Gasteiger partial charge in [-0.1, -0.05) is 89.9 Å². The molecule has 0 aromatic heterocycles. The van der Waals surface area contributed by atoms with E-state index in [2.05, 4.69) is 16.0 Å². The van der Waals surface area contributed by atoms with Crippen molar-refractivity contribution in [3.63, 3.8) is 0 Å². The summed E-state index contributed by atoms with van der Waals surface area (Å²) < 4.78 is 0. The third-order valence-corrected chi connectivity index (χ3v) is 8.75. The summed E-state index contributed by atoms with van der Waals surface area (Å²) in [6.45, 7) is 0. The van der Waals surface area contributed by atoms with Gasteiger partial charge < -0.3 is 20.9 Å². The minimum atomic E-state index is -0.638. The molecule has 48 heavy (non-hydrogen) atoms. The third kappa shape index (κ3) is 9.51. The second kappa shape index (κ2) is 16.2. The Kier molecular flexibility index (Phi) is 11.6. The Hall–Kier alpha value is -5.02. The maximum atomic E-state index is 13.7. The Morgan fingerprint density at radius 2 is 1.35 bits per heavy atom. The monoisotopic (exact) mass is 694 g/mol. The predicted octanol–water partition coefficient (Wildman–Crippen LogP) is 8.94. The lowest BCUT2D eigenvalue weighted by atomic mass is 10.1. The van der Waals surface area contributed by atoms with E-state index < -0.39 is 17.1 Å². The molecule has 0 bridgehead atoms. The van der Waals surface area contributed by atoms with E-state index in [4.69, 9.17) is 23.2 Å². The molecule has 5 aromatic carbocycles. The van der Waals surface area contributed by atoms with E-state index >= 15 is 0 Å². The Labute approximate surface area is 294 Å². The largest absolute Gasteiger partial charge is 0.378 e. The molecule has 0 saturated heterocycles. The van der Waals surface area contributed by atoms with Crippen LogP contribution in [0.1, 0.15) is 26.7 Å². The summed E-state index contributed by atoms with van der Waals surface area (Å²) in [5.74, 6) is -1.19. The maximum Gasteiger partial charge on any atom is 0.272 e. The Balaban J connectivity index is 1.38. The third-order valence-electron chi connectivity index (χ3n) is 7.07. The van der Waals surface area contributed by atoms with Crippen LogP contribution in [0.15, 0.2) is 138 Å². The number of hydrogen-bond donors (Lipinski definition) is 3. The molecule has 0 radical (unpaired) electrons. The van der Waals surface area contributed by atoms with Crippen LogP contribution >= 0.6 is 35.0 Å². The first-order valence-corrected chi connectivity index (χ1v) is 16.5. The zero-order valence-corrected chi connectivity index (χ0v) is 28.4. The number of carbonyl (C=O) groups is 3. The van der Waals surface area contributed by atoms with Crippen LogP contribution in [0.5, 0.6) is 0 Å². The highest BCUT2D eigenvalue weighted by molar-refractivity contribution is 8.00. The topological polar surface area (TPSA) is 90.5 Å². The summed E-state index contributed by atoms with van der Waals surface area (Å²) in [6.07, 6.45) is 1.63. The molecule has 0 fully saturated rings. The van der Waals surface area contributed by atoms with Crippen molar-refractivity contribution in [1.82, 2.24) is 5.32 Å². The van der Waals surface area contributed by atoms with Crippen molar-refractivity contribution in [2.45, 2.75) is 10.1 Å². The quantitative estimate of drug-likeness (QED) is 0.0949. The zero-order valence-electron chi connectivity index (χ0n) is 26.1. The van der Waals surface area contributed by atoms with Crippen molar-refractivity contribution in [3.05, 3.63) is 160 Å². The Morgan fingerprint density at radius 3 is 2.00 bits per heavy atom. The summed E-state index contributed by atoms with van der Waals surface area (Å²) in [5.41, 5.74) is 3.98. The van der Waals surface area contributed by atoms with Crippen molar-refractivity contribution in [1.29, 1.82) is 0 Å². The molecule has 1 atom stereocenters. The van der Waals surface area contributed by atoms with E-state index in [-0.39, 0.29) is 11.6 Å². The molecule has 1 unspecified atom stereocenters. The molecule has 10 heteroatoms. The summed E-state index contributed by atoms with van der Waals surface area (Å²) in [5, 5.41) is 8.78. The second-order valence-corrected chi connectivity index (χ2v) is 13.0. The average Bonchev–Trinajstić information content (AvgIpc) is 3.07. The standard InChI is InChI=1S/C38H32Cl2N4O3S/c1-44(2)32-18-16-25(17-19-32)20-34(43-36(45)27-12-7-4-8-13-27)37(46)41-30-14-9-15-33(24-30)48-35(26-10-5-3-6-11-26)38(47)42-31-22-28(39)21-29(40)23-31/h3-24,35H,1-2H3,(H,41,46)(H,42,47)(H,43,45)/b34-20+. The van der Waals surface area contributed by atoms with E-state index in [9.17, 15) is 14.4 Å². The highest BCUT2D eigenvalue weighted by Gasteiger charge is 2.23. The molecule has 0 spiro atoms. The molecule has 0 heterocycles. The molecule has 0 aliphatic heterocycles. The number of amides is 3. The van der Waals surface area contributed by atoms with Gasteiger partial charge in [0.25, 0.3) is 11.8 Å². The van der Waals surface area contributed by atoms with Gasteiger partial charge >= 0.3 is 0 Å². The Morgan fingerprint density at radius 1 is 0.708 bits per heavy atom. The number of benzene rings is 5. The molecular formula is C38H32Cl2N4O3S. The molecule has 5 aromatic rings. The minimum Gasteiger partial charge on any atom is -0.378 e. The first kappa shape index (κ1) is 34.3. The van der Waals surface area contributed by atoms with Crippen LogP contribution in [0.4, 0.5) is 17.1 Å². The number of anilines is 3. The molecule has 3 N–H and O–H groups in total. The van der Waals surface area contributed by atoms with Crippen molar-refractivity contribution >= 4 is 75.8 Å². The normalized spacial score (nSPS) is 11.7. The molecule has 0 aliphatic rings. The smallest absolute Gasteiger partial charge is 0.272 e. The van der Waals surface area contributed by atoms with Crippen molar-refractivity contribution in [2.75, 3.05) is 29.6 Å². The van der Waals surface area contributed by atoms with Crippen LogP contribution in [0, 0.1) is 0 Å². The molecule has 7 nitrogen and oxygen atoms in total. The SMILES string of the molecule is CN(C)c1ccc(/C=C(/NC(=O)c2ccccc2)C(=O)Nc2cccc(SC(C(=O)Nc3cc(Cl)cc(Cl)c3)c3ccccc3)c2)cc1. The van der Waals surface area contributed by atoms with Gasteiger partial charge in [0, 0.05) is 51.7 Å². The fourth-order valence-corrected chi connectivity index (χ4v) is 6.30. The van der Waals surface area contributed by atoms with Crippen molar-refractivity contribution in [3.8, 4) is 0 Å². The highest BCUT2D eigenvalue weighted by atomic mass is 35.5. The van der Waals surface area contributed by atoms with Gasteiger partial charge in [-0.2, -0.15) is 0 Å².